The zero-order valence-electron chi connectivity index (χ0n) is 17.3. The van der Waals surface area contributed by atoms with Crippen LogP contribution in [0.4, 0.5) is 28.9 Å². The number of aromatic nitrogens is 1. The van der Waals surface area contributed by atoms with Gasteiger partial charge in [-0.05, 0) is 36.4 Å². The molecule has 184 valence electrons. The van der Waals surface area contributed by atoms with E-state index in [1.54, 1.807) is 0 Å². The van der Waals surface area contributed by atoms with Crippen molar-refractivity contribution in [2.45, 2.75) is 11.1 Å². The van der Waals surface area contributed by atoms with Crippen molar-refractivity contribution in [1.82, 2.24) is 4.98 Å². The fourth-order valence-corrected chi connectivity index (χ4v) is 4.96. The molecule has 0 unspecified atom stereocenters. The van der Waals surface area contributed by atoms with E-state index in [-0.39, 0.29) is 33.4 Å². The molecule has 35 heavy (non-hydrogen) atoms. The number of hydrogen-bond acceptors (Lipinski definition) is 5. The van der Waals surface area contributed by atoms with Crippen LogP contribution in [0.5, 0.6) is 5.75 Å². The normalized spacial score (nSPS) is 13.7. The number of halogens is 6. The van der Waals surface area contributed by atoms with Gasteiger partial charge in [-0.15, -0.1) is 0 Å². The summed E-state index contributed by atoms with van der Waals surface area (Å²) in [6.45, 7) is -0.0859. The Hall–Kier alpha value is -3.09. The molecule has 0 spiro atoms. The lowest BCUT2D eigenvalue weighted by Crippen LogP contribution is -2.39. The van der Waals surface area contributed by atoms with Gasteiger partial charge in [0.15, 0.2) is 17.3 Å². The second kappa shape index (κ2) is 9.17. The minimum absolute atomic E-state index is 0.0261. The Morgan fingerprint density at radius 2 is 1.86 bits per heavy atom. The van der Waals surface area contributed by atoms with Crippen LogP contribution >= 0.6 is 23.4 Å². The highest BCUT2D eigenvalue weighted by molar-refractivity contribution is 7.94. The lowest BCUT2D eigenvalue weighted by atomic mass is 10.2. The summed E-state index contributed by atoms with van der Waals surface area (Å²) >= 11 is 12.0. The second-order valence-electron chi connectivity index (χ2n) is 7.16. The topological polar surface area (TPSA) is 79.8 Å². The monoisotopic (exact) mass is 549 g/mol. The number of rotatable bonds is 4. The molecule has 0 radical (unpaired) electrons. The third-order valence-corrected chi connectivity index (χ3v) is 7.34. The molecular weight excluding hydrogens is 537 g/mol. The third-order valence-electron chi connectivity index (χ3n) is 4.94. The number of sulfonamides is 1. The van der Waals surface area contributed by atoms with Crippen molar-refractivity contribution < 1.29 is 35.5 Å². The standard InChI is InChI=1S/C21H13Cl2F4N3O4S/c22-13-10-17(30(23)35(32,33)14-4-1-3-12(9-14)21(25,26)27)18(28-11-13)20(31)29-7-8-34-19-15(24)5-2-6-16(19)29/h1-6,9-11H,7-8H2. The van der Waals surface area contributed by atoms with Gasteiger partial charge < -0.3 is 4.74 Å². The molecular formula is C21H13Cl2F4N3O4S. The predicted octanol–water partition coefficient (Wildman–Crippen LogP) is 5.28. The van der Waals surface area contributed by atoms with Crippen LogP contribution in [0, 0.1) is 5.82 Å². The van der Waals surface area contributed by atoms with Crippen LogP contribution < -0.4 is 13.5 Å². The molecule has 0 fully saturated rings. The minimum Gasteiger partial charge on any atom is -0.486 e. The fraction of sp³-hybridized carbons (Fsp3) is 0.143. The fourth-order valence-electron chi connectivity index (χ4n) is 3.33. The molecule has 7 nitrogen and oxygen atoms in total. The summed E-state index contributed by atoms with van der Waals surface area (Å²) in [6, 6.07) is 7.86. The van der Waals surface area contributed by atoms with Crippen molar-refractivity contribution in [2.24, 2.45) is 0 Å². The van der Waals surface area contributed by atoms with Gasteiger partial charge in [0.05, 0.1) is 27.7 Å². The lowest BCUT2D eigenvalue weighted by Gasteiger charge is -2.30. The van der Waals surface area contributed by atoms with E-state index in [1.165, 1.54) is 12.1 Å². The maximum absolute atomic E-state index is 14.1. The Morgan fingerprint density at radius 3 is 2.57 bits per heavy atom. The van der Waals surface area contributed by atoms with Crippen LogP contribution in [0.15, 0.2) is 59.6 Å². The average molecular weight is 550 g/mol. The maximum Gasteiger partial charge on any atom is 0.416 e. The Morgan fingerprint density at radius 1 is 1.14 bits per heavy atom. The molecule has 1 aromatic heterocycles. The number of alkyl halides is 3. The largest absolute Gasteiger partial charge is 0.486 e. The summed E-state index contributed by atoms with van der Waals surface area (Å²) in [5, 5.41) is -0.102. The molecule has 0 aliphatic carbocycles. The van der Waals surface area contributed by atoms with Crippen LogP contribution in [0.3, 0.4) is 0 Å². The molecule has 3 aromatic rings. The quantitative estimate of drug-likeness (QED) is 0.326. The number of amides is 1. The number of carbonyl (C=O) groups excluding carboxylic acids is 1. The number of fused-ring (bicyclic) bond motifs is 1. The third kappa shape index (κ3) is 4.73. The highest BCUT2D eigenvalue weighted by atomic mass is 35.5. The first-order valence-corrected chi connectivity index (χ1v) is 11.8. The van der Waals surface area contributed by atoms with Gasteiger partial charge >= 0.3 is 6.18 Å². The minimum atomic E-state index is -4.81. The highest BCUT2D eigenvalue weighted by Gasteiger charge is 2.35. The van der Waals surface area contributed by atoms with Gasteiger partial charge in [-0.3, -0.25) is 9.69 Å². The molecule has 2 aromatic carbocycles. The van der Waals surface area contributed by atoms with E-state index in [0.29, 0.717) is 12.1 Å². The van der Waals surface area contributed by atoms with E-state index < -0.39 is 49.8 Å². The van der Waals surface area contributed by atoms with Gasteiger partial charge in [-0.25, -0.2) is 9.37 Å². The molecule has 0 saturated carbocycles. The summed E-state index contributed by atoms with van der Waals surface area (Å²) in [5.41, 5.74) is -2.13. The van der Waals surface area contributed by atoms with Gasteiger partial charge in [0.25, 0.3) is 15.9 Å². The number of ether oxygens (including phenoxy) is 1. The number of para-hydroxylation sites is 1. The van der Waals surface area contributed by atoms with E-state index in [0.717, 1.165) is 35.4 Å². The van der Waals surface area contributed by atoms with E-state index in [2.05, 4.69) is 4.98 Å². The molecule has 1 aliphatic heterocycles. The van der Waals surface area contributed by atoms with Gasteiger partial charge in [-0.2, -0.15) is 25.4 Å². The van der Waals surface area contributed by atoms with E-state index in [4.69, 9.17) is 28.1 Å². The van der Waals surface area contributed by atoms with E-state index >= 15 is 0 Å². The van der Waals surface area contributed by atoms with Crippen molar-refractivity contribution in [2.75, 3.05) is 21.9 Å². The van der Waals surface area contributed by atoms with Crippen molar-refractivity contribution in [1.29, 1.82) is 0 Å². The summed E-state index contributed by atoms with van der Waals surface area (Å²) in [7, 11) is -4.80. The van der Waals surface area contributed by atoms with Crippen molar-refractivity contribution >= 4 is 50.7 Å². The Kier molecular flexibility index (Phi) is 6.56. The zero-order valence-corrected chi connectivity index (χ0v) is 19.6. The molecule has 0 atom stereocenters. The molecule has 14 heteroatoms. The van der Waals surface area contributed by atoms with Crippen LogP contribution in [0.2, 0.25) is 5.02 Å². The summed E-state index contributed by atoms with van der Waals surface area (Å²) in [6.07, 6.45) is -3.74. The number of carbonyl (C=O) groups is 1. The average Bonchev–Trinajstić information content (AvgIpc) is 2.82. The smallest absolute Gasteiger partial charge is 0.416 e. The number of hydrogen-bond donors (Lipinski definition) is 0. The Labute approximate surface area is 206 Å². The number of benzene rings is 2. The molecule has 4 rings (SSSR count). The summed E-state index contributed by atoms with van der Waals surface area (Å²) in [5.74, 6) is -1.76. The number of anilines is 2. The van der Waals surface area contributed by atoms with E-state index in [9.17, 15) is 30.8 Å². The highest BCUT2D eigenvalue weighted by Crippen LogP contribution is 2.38. The van der Waals surface area contributed by atoms with Crippen LogP contribution in [-0.4, -0.2) is 32.5 Å². The zero-order chi connectivity index (χ0) is 25.5. The second-order valence-corrected chi connectivity index (χ2v) is 9.92. The molecule has 0 saturated heterocycles. The first-order chi connectivity index (χ1) is 16.4. The molecule has 1 aliphatic rings. The SMILES string of the molecule is O=C(c1ncc(Cl)cc1N(Cl)S(=O)(=O)c1cccc(C(F)(F)F)c1)N1CCOc2c(F)cccc21. The number of pyridine rings is 1. The number of nitrogens with zero attached hydrogens (tertiary/aromatic N) is 3. The molecule has 1 amide bonds. The van der Waals surface area contributed by atoms with Crippen LogP contribution in [0.25, 0.3) is 0 Å². The van der Waals surface area contributed by atoms with Crippen molar-refractivity contribution in [3.63, 3.8) is 0 Å². The van der Waals surface area contributed by atoms with Gasteiger partial charge in [0.1, 0.15) is 12.3 Å². The van der Waals surface area contributed by atoms with Gasteiger partial charge in [-0.1, -0.05) is 23.7 Å². The Bertz CT molecular complexity index is 1420. The maximum atomic E-state index is 14.1. The summed E-state index contributed by atoms with van der Waals surface area (Å²) < 4.78 is 85.0. The lowest BCUT2D eigenvalue weighted by molar-refractivity contribution is -0.137. The Balaban J connectivity index is 1.78. The summed E-state index contributed by atoms with van der Waals surface area (Å²) in [4.78, 5) is 17.6. The molecule has 0 N–H and O–H groups in total. The van der Waals surface area contributed by atoms with Gasteiger partial charge in [0.2, 0.25) is 0 Å². The molecule has 2 heterocycles. The first-order valence-electron chi connectivity index (χ1n) is 9.68. The van der Waals surface area contributed by atoms with Crippen LogP contribution in [-0.2, 0) is 16.2 Å². The first kappa shape index (κ1) is 25.0. The van der Waals surface area contributed by atoms with E-state index in [1.807, 2.05) is 0 Å². The predicted molar refractivity (Wildman–Crippen MR) is 120 cm³/mol. The molecule has 0 bridgehead atoms. The van der Waals surface area contributed by atoms with Gasteiger partial charge in [0, 0.05) is 18.0 Å². The van der Waals surface area contributed by atoms with Crippen LogP contribution in [0.1, 0.15) is 16.1 Å². The van der Waals surface area contributed by atoms with Crippen molar-refractivity contribution in [3.8, 4) is 5.75 Å². The van der Waals surface area contributed by atoms with Crippen molar-refractivity contribution in [3.05, 3.63) is 76.8 Å².